The van der Waals surface area contributed by atoms with Gasteiger partial charge in [-0.15, -0.1) is 4.91 Å². The molecule has 1 amide bonds. The van der Waals surface area contributed by atoms with Crippen molar-refractivity contribution in [3.63, 3.8) is 0 Å². The van der Waals surface area contributed by atoms with Crippen molar-refractivity contribution in [1.29, 1.82) is 0 Å². The molecule has 0 radical (unpaired) electrons. The number of guanidine groups is 1. The minimum Gasteiger partial charge on any atom is -0.393 e. The van der Waals surface area contributed by atoms with Gasteiger partial charge in [0.1, 0.15) is 6.61 Å². The Morgan fingerprint density at radius 1 is 1.46 bits per heavy atom. The van der Waals surface area contributed by atoms with Crippen LogP contribution in [0, 0.1) is 4.91 Å². The Bertz CT molecular complexity index is 212. The van der Waals surface area contributed by atoms with Crippen molar-refractivity contribution in [3.8, 4) is 0 Å². The molecule has 0 aliphatic heterocycles. The maximum Gasteiger partial charge on any atom is 0.303 e. The predicted octanol–water partition coefficient (Wildman–Crippen LogP) is -1.80. The van der Waals surface area contributed by atoms with E-state index < -0.39 is 11.9 Å². The molecule has 0 heterocycles. The lowest BCUT2D eigenvalue weighted by molar-refractivity contribution is -0.119. The standard InChI is InChI=1S/C5H11N5O3/c6-3(4(11)9-12)1-2-13-10-5(7)8/h3H,1-2,6H2,(H4,7,8,10)/t3-/m0/s1. The average molecular weight is 189 g/mol. The maximum absolute atomic E-state index is 10.5. The number of carbonyl (C=O) groups is 1. The van der Waals surface area contributed by atoms with Gasteiger partial charge in [0, 0.05) is 11.6 Å². The molecule has 0 aromatic rings. The summed E-state index contributed by atoms with van der Waals surface area (Å²) in [5, 5.41) is 5.33. The molecule has 8 nitrogen and oxygen atoms in total. The van der Waals surface area contributed by atoms with Crippen molar-refractivity contribution in [1.82, 2.24) is 0 Å². The smallest absolute Gasteiger partial charge is 0.303 e. The van der Waals surface area contributed by atoms with Crippen LogP contribution in [0.25, 0.3) is 0 Å². The summed E-state index contributed by atoms with van der Waals surface area (Å²) in [4.78, 5) is 24.7. The third-order valence-electron chi connectivity index (χ3n) is 1.10. The molecule has 13 heavy (non-hydrogen) atoms. The highest BCUT2D eigenvalue weighted by atomic mass is 16.6. The van der Waals surface area contributed by atoms with Crippen LogP contribution in [-0.2, 0) is 9.63 Å². The first-order chi connectivity index (χ1) is 6.07. The Kier molecular flexibility index (Phi) is 5.12. The van der Waals surface area contributed by atoms with E-state index in [1.807, 2.05) is 0 Å². The van der Waals surface area contributed by atoms with Gasteiger partial charge in [-0.3, -0.25) is 4.79 Å². The first-order valence-corrected chi connectivity index (χ1v) is 3.41. The molecular weight excluding hydrogens is 178 g/mol. The van der Waals surface area contributed by atoms with Crippen molar-refractivity contribution in [2.24, 2.45) is 27.5 Å². The molecule has 0 aliphatic rings. The molecule has 0 aromatic heterocycles. The molecule has 0 unspecified atom stereocenters. The fraction of sp³-hybridized carbons (Fsp3) is 0.600. The van der Waals surface area contributed by atoms with Crippen LogP contribution in [0.4, 0.5) is 0 Å². The van der Waals surface area contributed by atoms with Gasteiger partial charge in [0.15, 0.2) is 0 Å². The lowest BCUT2D eigenvalue weighted by atomic mass is 10.2. The van der Waals surface area contributed by atoms with Crippen LogP contribution in [0.5, 0.6) is 0 Å². The minimum atomic E-state index is -0.966. The summed E-state index contributed by atoms with van der Waals surface area (Å²) in [5.41, 5.74) is 15.1. The number of nitrogens with zero attached hydrogens (tertiary/aromatic N) is 2. The van der Waals surface area contributed by atoms with Crippen molar-refractivity contribution in [2.75, 3.05) is 6.61 Å². The second-order valence-corrected chi connectivity index (χ2v) is 2.17. The number of rotatable bonds is 5. The van der Waals surface area contributed by atoms with Gasteiger partial charge in [-0.25, -0.2) is 0 Å². The zero-order valence-electron chi connectivity index (χ0n) is 6.84. The van der Waals surface area contributed by atoms with Crippen molar-refractivity contribution < 1.29 is 9.63 Å². The fourth-order valence-corrected chi connectivity index (χ4v) is 0.491. The van der Waals surface area contributed by atoms with Gasteiger partial charge in [-0.05, 0) is 5.16 Å². The van der Waals surface area contributed by atoms with Gasteiger partial charge >= 0.3 is 5.91 Å². The van der Waals surface area contributed by atoms with Crippen LogP contribution in [0.3, 0.4) is 0 Å². The van der Waals surface area contributed by atoms with E-state index in [0.29, 0.717) is 0 Å². The van der Waals surface area contributed by atoms with Crippen LogP contribution in [0.1, 0.15) is 6.42 Å². The average Bonchev–Trinajstić information content (AvgIpc) is 2.10. The summed E-state index contributed by atoms with van der Waals surface area (Å²) in [6.45, 7) is 0.0420. The Labute approximate surface area is 74.0 Å². The third kappa shape index (κ3) is 5.56. The number of amides is 1. The number of hydrogen-bond donors (Lipinski definition) is 3. The van der Waals surface area contributed by atoms with E-state index in [1.165, 1.54) is 0 Å². The number of hydrogen-bond acceptors (Lipinski definition) is 5. The quantitative estimate of drug-likeness (QED) is 0.153. The van der Waals surface area contributed by atoms with Crippen LogP contribution in [0.15, 0.2) is 10.3 Å². The number of nitrogens with two attached hydrogens (primary N) is 3. The third-order valence-corrected chi connectivity index (χ3v) is 1.10. The zero-order chi connectivity index (χ0) is 10.3. The molecule has 0 fully saturated rings. The molecule has 8 heteroatoms. The predicted molar refractivity (Wildman–Crippen MR) is 45.2 cm³/mol. The van der Waals surface area contributed by atoms with Gasteiger partial charge in [-0.2, -0.15) is 0 Å². The van der Waals surface area contributed by atoms with E-state index in [4.69, 9.17) is 17.2 Å². The van der Waals surface area contributed by atoms with Crippen LogP contribution in [-0.4, -0.2) is 24.5 Å². The monoisotopic (exact) mass is 189 g/mol. The molecule has 0 bridgehead atoms. The van der Waals surface area contributed by atoms with Gasteiger partial charge < -0.3 is 22.0 Å². The molecule has 1 atom stereocenters. The van der Waals surface area contributed by atoms with Gasteiger partial charge in [0.05, 0.1) is 6.04 Å². The van der Waals surface area contributed by atoms with E-state index >= 15 is 0 Å². The lowest BCUT2D eigenvalue weighted by Crippen LogP contribution is -2.30. The maximum atomic E-state index is 10.5. The van der Waals surface area contributed by atoms with Gasteiger partial charge in [0.2, 0.25) is 5.96 Å². The number of nitroso groups, excluding NO2 is 1. The number of oxime groups is 1. The highest BCUT2D eigenvalue weighted by molar-refractivity contribution is 5.82. The largest absolute Gasteiger partial charge is 0.393 e. The summed E-state index contributed by atoms with van der Waals surface area (Å²) in [6, 6.07) is -0.966. The normalized spacial score (nSPS) is 11.5. The Hall–Kier alpha value is -1.70. The highest BCUT2D eigenvalue weighted by Crippen LogP contribution is 1.92. The van der Waals surface area contributed by atoms with E-state index in [9.17, 15) is 9.70 Å². The summed E-state index contributed by atoms with van der Waals surface area (Å²) < 4.78 is 0. The lowest BCUT2D eigenvalue weighted by Gasteiger charge is -2.03. The summed E-state index contributed by atoms with van der Waals surface area (Å²) in [5.74, 6) is -1.15. The molecule has 0 saturated carbocycles. The molecule has 6 N–H and O–H groups in total. The highest BCUT2D eigenvalue weighted by Gasteiger charge is 2.13. The van der Waals surface area contributed by atoms with E-state index in [1.54, 1.807) is 0 Å². The van der Waals surface area contributed by atoms with Crippen LogP contribution < -0.4 is 17.2 Å². The fourth-order valence-electron chi connectivity index (χ4n) is 0.491. The molecule has 0 aromatic carbocycles. The van der Waals surface area contributed by atoms with E-state index in [0.717, 1.165) is 0 Å². The van der Waals surface area contributed by atoms with Crippen molar-refractivity contribution in [2.45, 2.75) is 12.5 Å². The second-order valence-electron chi connectivity index (χ2n) is 2.17. The molecular formula is C5H11N5O3. The second kappa shape index (κ2) is 5.89. The topological polar surface area (TPSA) is 146 Å². The van der Waals surface area contributed by atoms with E-state index in [-0.39, 0.29) is 19.0 Å². The molecule has 0 spiro atoms. The zero-order valence-corrected chi connectivity index (χ0v) is 6.84. The molecule has 74 valence electrons. The molecule has 0 saturated heterocycles. The first kappa shape index (κ1) is 11.3. The molecule has 0 aliphatic carbocycles. The first-order valence-electron chi connectivity index (χ1n) is 3.41. The Balaban J connectivity index is 3.59. The van der Waals surface area contributed by atoms with Crippen LogP contribution in [0.2, 0.25) is 0 Å². The van der Waals surface area contributed by atoms with Crippen LogP contribution >= 0.6 is 0 Å². The summed E-state index contributed by atoms with van der Waals surface area (Å²) in [6.07, 6.45) is 0.126. The van der Waals surface area contributed by atoms with Gasteiger partial charge in [0.25, 0.3) is 0 Å². The molecule has 0 rings (SSSR count). The summed E-state index contributed by atoms with van der Waals surface area (Å²) in [7, 11) is 0. The van der Waals surface area contributed by atoms with Crippen molar-refractivity contribution in [3.05, 3.63) is 4.91 Å². The van der Waals surface area contributed by atoms with Gasteiger partial charge in [-0.1, -0.05) is 0 Å². The number of carbonyl (C=O) groups excluding carboxylic acids is 1. The van der Waals surface area contributed by atoms with E-state index in [2.05, 4.69) is 15.2 Å². The minimum absolute atomic E-state index is 0.0420. The Morgan fingerprint density at radius 2 is 2.08 bits per heavy atom. The van der Waals surface area contributed by atoms with Crippen molar-refractivity contribution >= 4 is 11.9 Å². The SMILES string of the molecule is NC(N)=NOCC[C@H](N)C(=O)N=O. The Morgan fingerprint density at radius 3 is 2.54 bits per heavy atom. The summed E-state index contributed by atoms with van der Waals surface area (Å²) >= 11 is 0.